The summed E-state index contributed by atoms with van der Waals surface area (Å²) in [5.41, 5.74) is 0.727. The van der Waals surface area contributed by atoms with Crippen LogP contribution in [0.4, 0.5) is 0 Å². The number of aliphatic carboxylic acids is 1. The highest BCUT2D eigenvalue weighted by Gasteiger charge is 2.37. The normalized spacial score (nSPS) is 17.8. The van der Waals surface area contributed by atoms with E-state index in [1.807, 2.05) is 0 Å². The van der Waals surface area contributed by atoms with Gasteiger partial charge in [0.15, 0.2) is 0 Å². The van der Waals surface area contributed by atoms with Gasteiger partial charge >= 0.3 is 5.97 Å². The zero-order valence-corrected chi connectivity index (χ0v) is 7.97. The molecule has 0 radical (unpaired) electrons. The summed E-state index contributed by atoms with van der Waals surface area (Å²) in [7, 11) is 0. The summed E-state index contributed by atoms with van der Waals surface area (Å²) in [5.74, 6) is -0.206. The molecular weight excluding hydrogens is 180 g/mol. The molecule has 1 aromatic heterocycles. The molecule has 1 atom stereocenters. The molecule has 2 rings (SSSR count). The third-order valence-corrected chi connectivity index (χ3v) is 2.52. The number of aryl methyl sites for hydroxylation is 1. The van der Waals surface area contributed by atoms with Crippen LogP contribution < -0.4 is 0 Å². The Balaban J connectivity index is 2.26. The van der Waals surface area contributed by atoms with Crippen LogP contribution in [0.3, 0.4) is 0 Å². The first-order chi connectivity index (χ1) is 6.68. The number of hydrogen-bond donors (Lipinski definition) is 1. The Bertz CT molecular complexity index is 344. The summed E-state index contributed by atoms with van der Waals surface area (Å²) in [4.78, 5) is 19.0. The topological polar surface area (TPSA) is 63.1 Å². The van der Waals surface area contributed by atoms with Crippen LogP contribution in [0.25, 0.3) is 0 Å². The second kappa shape index (κ2) is 3.36. The van der Waals surface area contributed by atoms with Crippen molar-refractivity contribution in [2.45, 2.75) is 25.7 Å². The van der Waals surface area contributed by atoms with Gasteiger partial charge in [0, 0.05) is 18.0 Å². The van der Waals surface area contributed by atoms with E-state index in [9.17, 15) is 4.79 Å². The van der Waals surface area contributed by atoms with E-state index in [0.29, 0.717) is 11.7 Å². The van der Waals surface area contributed by atoms with E-state index in [2.05, 4.69) is 9.97 Å². The van der Waals surface area contributed by atoms with Crippen LogP contribution in [0.5, 0.6) is 0 Å². The van der Waals surface area contributed by atoms with E-state index in [4.69, 9.17) is 5.11 Å². The quantitative estimate of drug-likeness (QED) is 0.785. The van der Waals surface area contributed by atoms with Crippen molar-refractivity contribution >= 4 is 5.97 Å². The van der Waals surface area contributed by atoms with Crippen molar-refractivity contribution in [2.24, 2.45) is 5.92 Å². The molecule has 0 aliphatic heterocycles. The molecule has 74 valence electrons. The number of nitrogens with zero attached hydrogens (tertiary/aromatic N) is 2. The monoisotopic (exact) mass is 192 g/mol. The highest BCUT2D eigenvalue weighted by atomic mass is 16.4. The maximum absolute atomic E-state index is 11.0. The maximum atomic E-state index is 11.0. The number of aromatic nitrogens is 2. The summed E-state index contributed by atoms with van der Waals surface area (Å²) < 4.78 is 0. The average Bonchev–Trinajstić information content (AvgIpc) is 2.92. The SMILES string of the molecule is Cc1ncc(C(C(=O)O)C2CC2)cn1. The van der Waals surface area contributed by atoms with Crippen LogP contribution in [0.2, 0.25) is 0 Å². The first kappa shape index (κ1) is 9.12. The van der Waals surface area contributed by atoms with E-state index in [-0.39, 0.29) is 0 Å². The fourth-order valence-electron chi connectivity index (χ4n) is 1.61. The van der Waals surface area contributed by atoms with Gasteiger partial charge in [0.05, 0.1) is 5.92 Å². The van der Waals surface area contributed by atoms with Crippen molar-refractivity contribution < 1.29 is 9.90 Å². The first-order valence-electron chi connectivity index (χ1n) is 4.70. The molecule has 0 aromatic carbocycles. The molecule has 4 heteroatoms. The minimum Gasteiger partial charge on any atom is -0.481 e. The van der Waals surface area contributed by atoms with Gasteiger partial charge < -0.3 is 5.11 Å². The highest BCUT2D eigenvalue weighted by molar-refractivity contribution is 5.76. The third kappa shape index (κ3) is 1.73. The summed E-state index contributed by atoms with van der Waals surface area (Å²) in [6, 6.07) is 0. The third-order valence-electron chi connectivity index (χ3n) is 2.52. The van der Waals surface area contributed by atoms with E-state index in [0.717, 1.165) is 18.4 Å². The van der Waals surface area contributed by atoms with Crippen molar-refractivity contribution in [3.63, 3.8) is 0 Å². The lowest BCUT2D eigenvalue weighted by Crippen LogP contribution is -2.14. The van der Waals surface area contributed by atoms with Crippen molar-refractivity contribution in [1.29, 1.82) is 0 Å². The van der Waals surface area contributed by atoms with Crippen LogP contribution in [0.1, 0.15) is 30.1 Å². The Kier molecular flexibility index (Phi) is 2.19. The van der Waals surface area contributed by atoms with Gasteiger partial charge in [-0.1, -0.05) is 0 Å². The van der Waals surface area contributed by atoms with Gasteiger partial charge in [-0.05, 0) is 25.7 Å². The van der Waals surface area contributed by atoms with Crippen LogP contribution in [-0.4, -0.2) is 21.0 Å². The van der Waals surface area contributed by atoms with Gasteiger partial charge in [0.1, 0.15) is 5.82 Å². The van der Waals surface area contributed by atoms with Gasteiger partial charge in [0.2, 0.25) is 0 Å². The Hall–Kier alpha value is -1.45. The minimum atomic E-state index is -0.764. The van der Waals surface area contributed by atoms with Crippen LogP contribution >= 0.6 is 0 Å². The molecule has 1 aliphatic rings. The van der Waals surface area contributed by atoms with Gasteiger partial charge in [0.25, 0.3) is 0 Å². The Labute approximate surface area is 82.0 Å². The molecule has 0 bridgehead atoms. The van der Waals surface area contributed by atoms with Crippen molar-refractivity contribution in [2.75, 3.05) is 0 Å². The number of carbonyl (C=O) groups is 1. The van der Waals surface area contributed by atoms with E-state index < -0.39 is 11.9 Å². The number of carboxylic acids is 1. The lowest BCUT2D eigenvalue weighted by molar-refractivity contribution is -0.139. The number of hydrogen-bond acceptors (Lipinski definition) is 3. The molecule has 1 fully saturated rings. The zero-order chi connectivity index (χ0) is 10.1. The van der Waals surface area contributed by atoms with Gasteiger partial charge in [-0.3, -0.25) is 4.79 Å². The summed E-state index contributed by atoms with van der Waals surface area (Å²) in [5, 5.41) is 9.05. The predicted octanol–water partition coefficient (Wildman–Crippen LogP) is 1.36. The van der Waals surface area contributed by atoms with E-state index in [1.54, 1.807) is 19.3 Å². The predicted molar refractivity (Wildman–Crippen MR) is 49.9 cm³/mol. The molecular formula is C10H12N2O2. The fraction of sp³-hybridized carbons (Fsp3) is 0.500. The minimum absolute atomic E-state index is 0.291. The molecule has 4 nitrogen and oxygen atoms in total. The van der Waals surface area contributed by atoms with Gasteiger partial charge in [-0.2, -0.15) is 0 Å². The van der Waals surface area contributed by atoms with Crippen molar-refractivity contribution in [3.05, 3.63) is 23.8 Å². The first-order valence-corrected chi connectivity index (χ1v) is 4.70. The molecule has 1 N–H and O–H groups in total. The second-order valence-electron chi connectivity index (χ2n) is 3.72. The Morgan fingerprint density at radius 3 is 2.50 bits per heavy atom. The second-order valence-corrected chi connectivity index (χ2v) is 3.72. The lowest BCUT2D eigenvalue weighted by Gasteiger charge is -2.09. The van der Waals surface area contributed by atoms with E-state index in [1.165, 1.54) is 0 Å². The molecule has 0 saturated heterocycles. The number of carboxylic acid groups (broad SMARTS) is 1. The molecule has 1 unspecified atom stereocenters. The number of rotatable bonds is 3. The molecule has 0 amide bonds. The highest BCUT2D eigenvalue weighted by Crippen LogP contribution is 2.42. The Morgan fingerprint density at radius 2 is 2.07 bits per heavy atom. The summed E-state index contributed by atoms with van der Waals surface area (Å²) in [6.45, 7) is 1.79. The smallest absolute Gasteiger partial charge is 0.311 e. The molecule has 1 aliphatic carbocycles. The maximum Gasteiger partial charge on any atom is 0.311 e. The van der Waals surface area contributed by atoms with Crippen LogP contribution in [-0.2, 0) is 4.79 Å². The summed E-state index contributed by atoms with van der Waals surface area (Å²) in [6.07, 6.45) is 5.26. The summed E-state index contributed by atoms with van der Waals surface area (Å²) >= 11 is 0. The van der Waals surface area contributed by atoms with Crippen molar-refractivity contribution in [3.8, 4) is 0 Å². The molecule has 1 aromatic rings. The average molecular weight is 192 g/mol. The standard InChI is InChI=1S/C10H12N2O2/c1-6-11-4-8(5-12-6)9(10(13)14)7-2-3-7/h4-5,7,9H,2-3H2,1H3,(H,13,14). The largest absolute Gasteiger partial charge is 0.481 e. The van der Waals surface area contributed by atoms with Crippen molar-refractivity contribution in [1.82, 2.24) is 9.97 Å². The fourth-order valence-corrected chi connectivity index (χ4v) is 1.61. The molecule has 1 heterocycles. The Morgan fingerprint density at radius 1 is 1.50 bits per heavy atom. The van der Waals surface area contributed by atoms with Gasteiger partial charge in [-0.15, -0.1) is 0 Å². The van der Waals surface area contributed by atoms with Crippen LogP contribution in [0, 0.1) is 12.8 Å². The van der Waals surface area contributed by atoms with Crippen LogP contribution in [0.15, 0.2) is 12.4 Å². The zero-order valence-electron chi connectivity index (χ0n) is 7.97. The molecule has 14 heavy (non-hydrogen) atoms. The lowest BCUT2D eigenvalue weighted by atomic mass is 9.97. The van der Waals surface area contributed by atoms with Gasteiger partial charge in [-0.25, -0.2) is 9.97 Å². The molecule has 0 spiro atoms. The van der Waals surface area contributed by atoms with E-state index >= 15 is 0 Å². The molecule has 1 saturated carbocycles.